The maximum atomic E-state index is 12.7. The highest BCUT2D eigenvalue weighted by Gasteiger charge is 2.25. The van der Waals surface area contributed by atoms with Crippen LogP contribution in [0.2, 0.25) is 0 Å². The molecule has 1 aliphatic heterocycles. The second-order valence-electron chi connectivity index (χ2n) is 7.07. The molecule has 5 heteroatoms. The van der Waals surface area contributed by atoms with Crippen LogP contribution in [0.15, 0.2) is 36.5 Å². The highest BCUT2D eigenvalue weighted by molar-refractivity contribution is 5.93. The molecule has 25 heavy (non-hydrogen) atoms. The molecule has 5 nitrogen and oxygen atoms in total. The van der Waals surface area contributed by atoms with Gasteiger partial charge in [0.25, 0.3) is 5.91 Å². The van der Waals surface area contributed by atoms with Crippen LogP contribution in [0.25, 0.3) is 0 Å². The van der Waals surface area contributed by atoms with Crippen LogP contribution < -0.4 is 10.2 Å². The van der Waals surface area contributed by atoms with Gasteiger partial charge in [0.05, 0.1) is 5.54 Å². The summed E-state index contributed by atoms with van der Waals surface area (Å²) in [5.41, 5.74) is 2.31. The Labute approximate surface area is 149 Å². The lowest BCUT2D eigenvalue weighted by Crippen LogP contribution is -2.41. The van der Waals surface area contributed by atoms with E-state index < -0.39 is 5.54 Å². The quantitative estimate of drug-likeness (QED) is 0.909. The number of carbonyl (C=O) groups excluding carboxylic acids is 1. The van der Waals surface area contributed by atoms with Crippen molar-refractivity contribution >= 4 is 11.9 Å². The van der Waals surface area contributed by atoms with E-state index in [9.17, 15) is 4.79 Å². The SMILES string of the molecule is CCc1ccc(C(C)(C)NC(=O)c2ccnc(N3CCCC3)n2)cc1. The molecule has 0 radical (unpaired) electrons. The monoisotopic (exact) mass is 338 g/mol. The smallest absolute Gasteiger partial charge is 0.270 e. The maximum Gasteiger partial charge on any atom is 0.270 e. The van der Waals surface area contributed by atoms with E-state index >= 15 is 0 Å². The van der Waals surface area contributed by atoms with Crippen molar-refractivity contribution < 1.29 is 4.79 Å². The standard InChI is InChI=1S/C20H26N4O/c1-4-15-7-9-16(10-8-15)20(2,3)23-18(25)17-11-12-21-19(22-17)24-13-5-6-14-24/h7-12H,4-6,13-14H2,1-3H3,(H,23,25). The summed E-state index contributed by atoms with van der Waals surface area (Å²) in [6.45, 7) is 8.07. The Kier molecular flexibility index (Phi) is 5.02. The number of hydrogen-bond acceptors (Lipinski definition) is 4. The zero-order valence-electron chi connectivity index (χ0n) is 15.2. The van der Waals surface area contributed by atoms with Gasteiger partial charge < -0.3 is 10.2 Å². The number of aromatic nitrogens is 2. The number of nitrogens with zero attached hydrogens (tertiary/aromatic N) is 3. The van der Waals surface area contributed by atoms with Gasteiger partial charge in [0.1, 0.15) is 5.69 Å². The van der Waals surface area contributed by atoms with Gasteiger partial charge in [-0.25, -0.2) is 9.97 Å². The Hall–Kier alpha value is -2.43. The molecule has 1 aliphatic rings. The molecule has 1 aromatic carbocycles. The van der Waals surface area contributed by atoms with E-state index in [2.05, 4.69) is 51.4 Å². The number of carbonyl (C=O) groups is 1. The third-order valence-corrected chi connectivity index (χ3v) is 4.77. The zero-order chi connectivity index (χ0) is 17.9. The van der Waals surface area contributed by atoms with E-state index in [1.165, 1.54) is 5.56 Å². The molecule has 1 fully saturated rings. The summed E-state index contributed by atoms with van der Waals surface area (Å²) in [4.78, 5) is 23.6. The number of rotatable bonds is 5. The molecular formula is C20H26N4O. The summed E-state index contributed by atoms with van der Waals surface area (Å²) in [5, 5.41) is 3.10. The van der Waals surface area contributed by atoms with E-state index in [4.69, 9.17) is 0 Å². The first kappa shape index (κ1) is 17.4. The van der Waals surface area contributed by atoms with E-state index in [-0.39, 0.29) is 5.91 Å². The molecule has 1 saturated heterocycles. The lowest BCUT2D eigenvalue weighted by molar-refractivity contribution is 0.0907. The zero-order valence-corrected chi connectivity index (χ0v) is 15.2. The molecule has 132 valence electrons. The van der Waals surface area contributed by atoms with Gasteiger partial charge in [0, 0.05) is 19.3 Å². The first-order valence-electron chi connectivity index (χ1n) is 8.99. The summed E-state index contributed by atoms with van der Waals surface area (Å²) in [5.74, 6) is 0.475. The van der Waals surface area contributed by atoms with Crippen molar-refractivity contribution in [2.24, 2.45) is 0 Å². The number of aryl methyl sites for hydroxylation is 1. The molecule has 1 amide bonds. The third kappa shape index (κ3) is 3.98. The predicted octanol–water partition coefficient (Wildman–Crippen LogP) is 3.30. The van der Waals surface area contributed by atoms with Gasteiger partial charge in [-0.05, 0) is 50.3 Å². The summed E-state index contributed by atoms with van der Waals surface area (Å²) in [6.07, 6.45) is 4.98. The van der Waals surface area contributed by atoms with Crippen LogP contribution in [0, 0.1) is 0 Å². The second-order valence-corrected chi connectivity index (χ2v) is 7.07. The normalized spacial score (nSPS) is 14.6. The summed E-state index contributed by atoms with van der Waals surface area (Å²) in [7, 11) is 0. The average Bonchev–Trinajstić information content (AvgIpc) is 3.16. The van der Waals surface area contributed by atoms with Crippen molar-refractivity contribution in [1.29, 1.82) is 0 Å². The van der Waals surface area contributed by atoms with Gasteiger partial charge in [-0.15, -0.1) is 0 Å². The van der Waals surface area contributed by atoms with Crippen LogP contribution in [0.1, 0.15) is 55.2 Å². The summed E-state index contributed by atoms with van der Waals surface area (Å²) < 4.78 is 0. The minimum Gasteiger partial charge on any atom is -0.342 e. The van der Waals surface area contributed by atoms with Crippen molar-refractivity contribution in [3.8, 4) is 0 Å². The van der Waals surface area contributed by atoms with Crippen molar-refractivity contribution in [3.63, 3.8) is 0 Å². The van der Waals surface area contributed by atoms with Crippen LogP contribution in [0.5, 0.6) is 0 Å². The van der Waals surface area contributed by atoms with E-state index in [0.717, 1.165) is 37.9 Å². The molecule has 0 bridgehead atoms. The molecule has 0 saturated carbocycles. The molecular weight excluding hydrogens is 312 g/mol. The molecule has 2 aromatic rings. The molecule has 1 aromatic heterocycles. The van der Waals surface area contributed by atoms with Crippen molar-refractivity contribution in [3.05, 3.63) is 53.3 Å². The Morgan fingerprint density at radius 2 is 1.84 bits per heavy atom. The van der Waals surface area contributed by atoms with E-state index in [1.807, 2.05) is 13.8 Å². The Morgan fingerprint density at radius 1 is 1.16 bits per heavy atom. The van der Waals surface area contributed by atoms with Gasteiger partial charge in [-0.1, -0.05) is 31.2 Å². The molecule has 1 N–H and O–H groups in total. The third-order valence-electron chi connectivity index (χ3n) is 4.77. The first-order valence-corrected chi connectivity index (χ1v) is 8.99. The minimum absolute atomic E-state index is 0.174. The number of amides is 1. The van der Waals surface area contributed by atoms with Gasteiger partial charge in [-0.3, -0.25) is 4.79 Å². The van der Waals surface area contributed by atoms with Crippen LogP contribution >= 0.6 is 0 Å². The highest BCUT2D eigenvalue weighted by atomic mass is 16.2. The molecule has 2 heterocycles. The van der Waals surface area contributed by atoms with Gasteiger partial charge in [0.15, 0.2) is 0 Å². The van der Waals surface area contributed by atoms with Crippen LogP contribution in [-0.4, -0.2) is 29.0 Å². The molecule has 0 spiro atoms. The van der Waals surface area contributed by atoms with E-state index in [0.29, 0.717) is 11.6 Å². The van der Waals surface area contributed by atoms with Crippen molar-refractivity contribution in [2.45, 2.75) is 45.6 Å². The van der Waals surface area contributed by atoms with Crippen LogP contribution in [-0.2, 0) is 12.0 Å². The lowest BCUT2D eigenvalue weighted by Gasteiger charge is -2.27. The van der Waals surface area contributed by atoms with Gasteiger partial charge in [0.2, 0.25) is 5.95 Å². The Morgan fingerprint density at radius 3 is 2.48 bits per heavy atom. The predicted molar refractivity (Wildman–Crippen MR) is 99.8 cm³/mol. The lowest BCUT2D eigenvalue weighted by atomic mass is 9.93. The van der Waals surface area contributed by atoms with Gasteiger partial charge in [-0.2, -0.15) is 0 Å². The number of hydrogen-bond donors (Lipinski definition) is 1. The maximum absolute atomic E-state index is 12.7. The highest BCUT2D eigenvalue weighted by Crippen LogP contribution is 2.22. The fourth-order valence-corrected chi connectivity index (χ4v) is 3.12. The Balaban J connectivity index is 1.75. The number of nitrogens with one attached hydrogen (secondary N) is 1. The number of benzene rings is 1. The summed E-state index contributed by atoms with van der Waals surface area (Å²) >= 11 is 0. The van der Waals surface area contributed by atoms with Crippen LogP contribution in [0.3, 0.4) is 0 Å². The molecule has 0 unspecified atom stereocenters. The first-order chi connectivity index (χ1) is 12.0. The summed E-state index contributed by atoms with van der Waals surface area (Å²) in [6, 6.07) is 10.0. The van der Waals surface area contributed by atoms with E-state index in [1.54, 1.807) is 12.3 Å². The van der Waals surface area contributed by atoms with Crippen molar-refractivity contribution in [2.75, 3.05) is 18.0 Å². The average molecular weight is 338 g/mol. The molecule has 0 atom stereocenters. The minimum atomic E-state index is -0.470. The molecule has 0 aliphatic carbocycles. The van der Waals surface area contributed by atoms with Gasteiger partial charge >= 0.3 is 0 Å². The fourth-order valence-electron chi connectivity index (χ4n) is 3.12. The largest absolute Gasteiger partial charge is 0.342 e. The topological polar surface area (TPSA) is 58.1 Å². The fraction of sp³-hybridized carbons (Fsp3) is 0.450. The Bertz CT molecular complexity index is 734. The molecule has 3 rings (SSSR count). The van der Waals surface area contributed by atoms with Crippen molar-refractivity contribution in [1.82, 2.24) is 15.3 Å². The number of anilines is 1. The second kappa shape index (κ2) is 7.21. The van der Waals surface area contributed by atoms with Crippen LogP contribution in [0.4, 0.5) is 5.95 Å².